The van der Waals surface area contributed by atoms with E-state index < -0.39 is 6.36 Å². The highest BCUT2D eigenvalue weighted by atomic mass is 19.4. The number of furan rings is 1. The van der Waals surface area contributed by atoms with Crippen LogP contribution in [0, 0.1) is 6.92 Å². The SMILES string of the molecule is Cc1ccc(C(=O)N2CCN(CC(=O)NCc3ccccc3OC(F)(F)F)CC2)o1. The Balaban J connectivity index is 1.45. The van der Waals surface area contributed by atoms with Crippen LogP contribution in [-0.4, -0.2) is 60.7 Å². The van der Waals surface area contributed by atoms with Crippen molar-refractivity contribution >= 4 is 11.8 Å². The molecular formula is C20H22F3N3O4. The molecule has 10 heteroatoms. The van der Waals surface area contributed by atoms with Crippen molar-refractivity contribution in [3.63, 3.8) is 0 Å². The number of halogens is 3. The second kappa shape index (κ2) is 9.21. The fourth-order valence-electron chi connectivity index (χ4n) is 3.14. The summed E-state index contributed by atoms with van der Waals surface area (Å²) in [6.45, 7) is 3.69. The molecule has 0 radical (unpaired) electrons. The first-order valence-corrected chi connectivity index (χ1v) is 9.40. The first-order chi connectivity index (χ1) is 14.2. The van der Waals surface area contributed by atoms with Gasteiger partial charge < -0.3 is 19.4 Å². The third-order valence-electron chi connectivity index (χ3n) is 4.65. The maximum absolute atomic E-state index is 12.5. The molecule has 2 heterocycles. The van der Waals surface area contributed by atoms with Gasteiger partial charge in [-0.05, 0) is 25.1 Å². The van der Waals surface area contributed by atoms with Gasteiger partial charge in [0, 0.05) is 38.3 Å². The van der Waals surface area contributed by atoms with Crippen LogP contribution in [0.1, 0.15) is 21.9 Å². The van der Waals surface area contributed by atoms with Gasteiger partial charge >= 0.3 is 6.36 Å². The minimum absolute atomic E-state index is 0.0820. The lowest BCUT2D eigenvalue weighted by atomic mass is 10.2. The molecule has 0 atom stereocenters. The molecule has 0 spiro atoms. The Morgan fingerprint density at radius 2 is 1.80 bits per heavy atom. The number of hydrogen-bond acceptors (Lipinski definition) is 5. The predicted molar refractivity (Wildman–Crippen MR) is 101 cm³/mol. The first kappa shape index (κ1) is 21.7. The molecule has 0 saturated carbocycles. The molecule has 0 bridgehead atoms. The van der Waals surface area contributed by atoms with Crippen LogP contribution in [0.3, 0.4) is 0 Å². The molecule has 0 unspecified atom stereocenters. The number of alkyl halides is 3. The topological polar surface area (TPSA) is 75.0 Å². The quantitative estimate of drug-likeness (QED) is 0.770. The highest BCUT2D eigenvalue weighted by molar-refractivity contribution is 5.91. The third-order valence-corrected chi connectivity index (χ3v) is 4.65. The summed E-state index contributed by atoms with van der Waals surface area (Å²) >= 11 is 0. The summed E-state index contributed by atoms with van der Waals surface area (Å²) in [4.78, 5) is 28.1. The number of nitrogens with zero attached hydrogens (tertiary/aromatic N) is 2. The summed E-state index contributed by atoms with van der Waals surface area (Å²) in [7, 11) is 0. The number of hydrogen-bond donors (Lipinski definition) is 1. The fraction of sp³-hybridized carbons (Fsp3) is 0.400. The third kappa shape index (κ3) is 5.99. The Hall–Kier alpha value is -3.01. The standard InChI is InChI=1S/C20H22F3N3O4/c1-14-6-7-17(29-14)19(28)26-10-8-25(9-11-26)13-18(27)24-12-15-4-2-3-5-16(15)30-20(21,22)23/h2-7H,8-13H2,1H3,(H,24,27). The van der Waals surface area contributed by atoms with E-state index in [1.165, 1.54) is 18.2 Å². The second-order valence-electron chi connectivity index (χ2n) is 6.91. The van der Waals surface area contributed by atoms with E-state index >= 15 is 0 Å². The van der Waals surface area contributed by atoms with E-state index in [0.717, 1.165) is 0 Å². The minimum Gasteiger partial charge on any atom is -0.456 e. The van der Waals surface area contributed by atoms with Gasteiger partial charge in [-0.2, -0.15) is 0 Å². The molecule has 0 aliphatic carbocycles. The molecule has 1 aromatic heterocycles. The number of aryl methyl sites for hydroxylation is 1. The average molecular weight is 425 g/mol. The monoisotopic (exact) mass is 425 g/mol. The van der Waals surface area contributed by atoms with Crippen molar-refractivity contribution in [3.05, 3.63) is 53.5 Å². The second-order valence-corrected chi connectivity index (χ2v) is 6.91. The number of amides is 2. The molecule has 1 fully saturated rings. The zero-order chi connectivity index (χ0) is 21.7. The van der Waals surface area contributed by atoms with Crippen LogP contribution in [0.4, 0.5) is 13.2 Å². The van der Waals surface area contributed by atoms with Crippen molar-refractivity contribution in [1.29, 1.82) is 0 Å². The molecule has 7 nitrogen and oxygen atoms in total. The maximum atomic E-state index is 12.5. The number of para-hydroxylation sites is 1. The zero-order valence-corrected chi connectivity index (χ0v) is 16.4. The highest BCUT2D eigenvalue weighted by Crippen LogP contribution is 2.26. The number of piperazine rings is 1. The van der Waals surface area contributed by atoms with Crippen LogP contribution in [0.2, 0.25) is 0 Å². The fourth-order valence-corrected chi connectivity index (χ4v) is 3.14. The Labute approximate surface area is 171 Å². The van der Waals surface area contributed by atoms with E-state index in [9.17, 15) is 22.8 Å². The molecule has 1 aliphatic heterocycles. The molecule has 1 saturated heterocycles. The van der Waals surface area contributed by atoms with Gasteiger partial charge in [0.1, 0.15) is 11.5 Å². The van der Waals surface area contributed by atoms with Crippen LogP contribution in [0.25, 0.3) is 0 Å². The van der Waals surface area contributed by atoms with Crippen LogP contribution >= 0.6 is 0 Å². The van der Waals surface area contributed by atoms with Gasteiger partial charge in [0.25, 0.3) is 5.91 Å². The number of nitrogens with one attached hydrogen (secondary N) is 1. The number of ether oxygens (including phenoxy) is 1. The predicted octanol–water partition coefficient (Wildman–Crippen LogP) is 2.56. The van der Waals surface area contributed by atoms with Gasteiger partial charge in [0.15, 0.2) is 5.76 Å². The van der Waals surface area contributed by atoms with Gasteiger partial charge in [0.2, 0.25) is 5.91 Å². The van der Waals surface area contributed by atoms with Crippen molar-refractivity contribution in [2.75, 3.05) is 32.7 Å². The number of carbonyl (C=O) groups excluding carboxylic acids is 2. The number of benzene rings is 1. The van der Waals surface area contributed by atoms with E-state index in [1.54, 1.807) is 30.0 Å². The van der Waals surface area contributed by atoms with Crippen LogP contribution < -0.4 is 10.1 Å². The lowest BCUT2D eigenvalue weighted by Gasteiger charge is -2.33. The molecule has 162 valence electrons. The van der Waals surface area contributed by atoms with Crippen LogP contribution in [0.5, 0.6) is 5.75 Å². The molecule has 3 rings (SSSR count). The van der Waals surface area contributed by atoms with E-state index in [1.807, 2.05) is 4.90 Å². The Morgan fingerprint density at radius 1 is 1.10 bits per heavy atom. The summed E-state index contributed by atoms with van der Waals surface area (Å²) in [5.41, 5.74) is 0.229. The van der Waals surface area contributed by atoms with E-state index in [0.29, 0.717) is 37.7 Å². The Kier molecular flexibility index (Phi) is 6.66. The van der Waals surface area contributed by atoms with Gasteiger partial charge in [-0.15, -0.1) is 13.2 Å². The number of carbonyl (C=O) groups is 2. The van der Waals surface area contributed by atoms with Gasteiger partial charge in [-0.1, -0.05) is 18.2 Å². The van der Waals surface area contributed by atoms with E-state index in [4.69, 9.17) is 4.42 Å². The van der Waals surface area contributed by atoms with Gasteiger partial charge in [-0.3, -0.25) is 14.5 Å². The van der Waals surface area contributed by atoms with Crippen molar-refractivity contribution in [2.24, 2.45) is 0 Å². The summed E-state index contributed by atoms with van der Waals surface area (Å²) in [6, 6.07) is 9.02. The molecule has 1 aromatic carbocycles. The highest BCUT2D eigenvalue weighted by Gasteiger charge is 2.32. The molecule has 2 amide bonds. The van der Waals surface area contributed by atoms with E-state index in [2.05, 4.69) is 10.1 Å². The van der Waals surface area contributed by atoms with Gasteiger partial charge in [-0.25, -0.2) is 0 Å². The molecule has 30 heavy (non-hydrogen) atoms. The van der Waals surface area contributed by atoms with Crippen molar-refractivity contribution in [1.82, 2.24) is 15.1 Å². The number of rotatable bonds is 6. The lowest BCUT2D eigenvalue weighted by Crippen LogP contribution is -2.51. The smallest absolute Gasteiger partial charge is 0.456 e. The lowest BCUT2D eigenvalue weighted by molar-refractivity contribution is -0.274. The summed E-state index contributed by atoms with van der Waals surface area (Å²) in [6.07, 6.45) is -4.80. The van der Waals surface area contributed by atoms with Crippen molar-refractivity contribution in [3.8, 4) is 5.75 Å². The molecular weight excluding hydrogens is 403 g/mol. The largest absolute Gasteiger partial charge is 0.573 e. The minimum atomic E-state index is -4.80. The molecule has 1 N–H and O–H groups in total. The first-order valence-electron chi connectivity index (χ1n) is 9.40. The normalized spacial score (nSPS) is 15.1. The maximum Gasteiger partial charge on any atom is 0.573 e. The summed E-state index contributed by atoms with van der Waals surface area (Å²) in [5.74, 6) is 0.103. The van der Waals surface area contributed by atoms with Crippen LogP contribution in [-0.2, 0) is 11.3 Å². The average Bonchev–Trinajstić information content (AvgIpc) is 3.12. The van der Waals surface area contributed by atoms with E-state index in [-0.39, 0.29) is 36.2 Å². The van der Waals surface area contributed by atoms with Crippen molar-refractivity contribution in [2.45, 2.75) is 19.8 Å². The van der Waals surface area contributed by atoms with Crippen LogP contribution in [0.15, 0.2) is 40.8 Å². The Bertz CT molecular complexity index is 889. The Morgan fingerprint density at radius 3 is 2.43 bits per heavy atom. The molecule has 2 aromatic rings. The van der Waals surface area contributed by atoms with Gasteiger partial charge in [0.05, 0.1) is 6.54 Å². The summed E-state index contributed by atoms with van der Waals surface area (Å²) < 4.78 is 46.8. The zero-order valence-electron chi connectivity index (χ0n) is 16.4. The summed E-state index contributed by atoms with van der Waals surface area (Å²) in [5, 5.41) is 2.61. The van der Waals surface area contributed by atoms with Crippen molar-refractivity contribution < 1.29 is 31.9 Å². The molecule has 1 aliphatic rings.